The molecule has 126 valence electrons. The van der Waals surface area contributed by atoms with Crippen LogP contribution >= 0.6 is 0 Å². The van der Waals surface area contributed by atoms with E-state index in [9.17, 15) is 9.90 Å². The number of aliphatic hydroxyl groups excluding tert-OH is 1. The Morgan fingerprint density at radius 2 is 1.96 bits per heavy atom. The Morgan fingerprint density at radius 1 is 1.17 bits per heavy atom. The van der Waals surface area contributed by atoms with Crippen molar-refractivity contribution in [3.8, 4) is 0 Å². The second-order valence-electron chi connectivity index (χ2n) is 6.51. The molecule has 1 saturated heterocycles. The average molecular weight is 324 g/mol. The van der Waals surface area contributed by atoms with Gasteiger partial charge in [0.1, 0.15) is 0 Å². The molecule has 4 nitrogen and oxygen atoms in total. The van der Waals surface area contributed by atoms with Gasteiger partial charge in [-0.3, -0.25) is 9.78 Å². The van der Waals surface area contributed by atoms with Gasteiger partial charge in [-0.05, 0) is 42.4 Å². The van der Waals surface area contributed by atoms with E-state index in [1.807, 2.05) is 35.2 Å². The highest BCUT2D eigenvalue weighted by Crippen LogP contribution is 2.23. The van der Waals surface area contributed by atoms with E-state index in [1.165, 1.54) is 5.56 Å². The Kier molecular flexibility index (Phi) is 5.59. The Hall–Kier alpha value is -2.20. The van der Waals surface area contributed by atoms with E-state index < -0.39 is 6.10 Å². The molecular weight excluding hydrogens is 300 g/mol. The molecule has 1 aliphatic heterocycles. The van der Waals surface area contributed by atoms with Crippen LogP contribution in [0.2, 0.25) is 0 Å². The summed E-state index contributed by atoms with van der Waals surface area (Å²) < 4.78 is 0. The van der Waals surface area contributed by atoms with Crippen LogP contribution in [0.1, 0.15) is 24.0 Å². The molecule has 2 atom stereocenters. The van der Waals surface area contributed by atoms with Gasteiger partial charge in [-0.25, -0.2) is 0 Å². The van der Waals surface area contributed by atoms with Crippen molar-refractivity contribution >= 4 is 5.91 Å². The molecule has 24 heavy (non-hydrogen) atoms. The van der Waals surface area contributed by atoms with E-state index in [2.05, 4.69) is 17.1 Å². The molecule has 1 fully saturated rings. The standard InChI is InChI=1S/C20H24N2O2/c23-19-15-22(20(24)9-8-17-7-4-11-21-14-17)12-10-18(19)13-16-5-2-1-3-6-16/h1-7,11,14,18-19,23H,8-10,12-13,15H2/t18-,19+/m1/s1. The third-order valence-corrected chi connectivity index (χ3v) is 4.77. The number of piperidine rings is 1. The first-order valence-corrected chi connectivity index (χ1v) is 8.61. The van der Waals surface area contributed by atoms with Crippen LogP contribution in [-0.2, 0) is 17.6 Å². The molecule has 4 heteroatoms. The van der Waals surface area contributed by atoms with E-state index in [4.69, 9.17) is 0 Å². The number of amides is 1. The first kappa shape index (κ1) is 16.7. The van der Waals surface area contributed by atoms with Crippen LogP contribution in [0, 0.1) is 5.92 Å². The number of aliphatic hydroxyl groups is 1. The maximum absolute atomic E-state index is 12.4. The van der Waals surface area contributed by atoms with Crippen molar-refractivity contribution in [2.75, 3.05) is 13.1 Å². The summed E-state index contributed by atoms with van der Waals surface area (Å²) in [5, 5.41) is 10.4. The number of hydrogen-bond donors (Lipinski definition) is 1. The van der Waals surface area contributed by atoms with E-state index in [1.54, 1.807) is 12.4 Å². The monoisotopic (exact) mass is 324 g/mol. The van der Waals surface area contributed by atoms with Crippen molar-refractivity contribution in [1.82, 2.24) is 9.88 Å². The largest absolute Gasteiger partial charge is 0.391 e. The number of aromatic nitrogens is 1. The van der Waals surface area contributed by atoms with Gasteiger partial charge in [-0.1, -0.05) is 36.4 Å². The van der Waals surface area contributed by atoms with E-state index in [0.717, 1.165) is 24.9 Å². The SMILES string of the molecule is O=C(CCc1cccnc1)N1CC[C@H](Cc2ccccc2)[C@@H](O)C1. The fraction of sp³-hybridized carbons (Fsp3) is 0.400. The zero-order valence-corrected chi connectivity index (χ0v) is 13.8. The fourth-order valence-corrected chi connectivity index (χ4v) is 3.32. The molecule has 1 aliphatic rings. The van der Waals surface area contributed by atoms with Crippen LogP contribution in [-0.4, -0.2) is 40.1 Å². The lowest BCUT2D eigenvalue weighted by molar-refractivity contribution is -0.135. The Bertz CT molecular complexity index is 645. The third kappa shape index (κ3) is 4.42. The molecule has 0 aliphatic carbocycles. The maximum Gasteiger partial charge on any atom is 0.222 e. The summed E-state index contributed by atoms with van der Waals surface area (Å²) in [5.74, 6) is 0.353. The molecule has 0 saturated carbocycles. The molecule has 2 heterocycles. The quantitative estimate of drug-likeness (QED) is 0.919. The first-order valence-electron chi connectivity index (χ1n) is 8.61. The Labute approximate surface area is 143 Å². The molecule has 2 aromatic rings. The minimum absolute atomic E-state index is 0.121. The lowest BCUT2D eigenvalue weighted by Crippen LogP contribution is -2.47. The lowest BCUT2D eigenvalue weighted by Gasteiger charge is -2.36. The summed E-state index contributed by atoms with van der Waals surface area (Å²) in [6, 6.07) is 14.1. The lowest BCUT2D eigenvalue weighted by atomic mass is 9.87. The van der Waals surface area contributed by atoms with Gasteiger partial charge in [0, 0.05) is 31.9 Å². The van der Waals surface area contributed by atoms with Crippen LogP contribution in [0.4, 0.5) is 0 Å². The summed E-state index contributed by atoms with van der Waals surface area (Å²) in [5.41, 5.74) is 2.32. The van der Waals surface area contributed by atoms with Crippen molar-refractivity contribution in [1.29, 1.82) is 0 Å². The summed E-state index contributed by atoms with van der Waals surface area (Å²) in [4.78, 5) is 18.3. The smallest absolute Gasteiger partial charge is 0.222 e. The van der Waals surface area contributed by atoms with Crippen molar-refractivity contribution in [3.05, 3.63) is 66.0 Å². The predicted octanol–water partition coefficient (Wildman–Crippen LogP) is 2.47. The molecule has 1 N–H and O–H groups in total. The third-order valence-electron chi connectivity index (χ3n) is 4.77. The van der Waals surface area contributed by atoms with Crippen LogP contribution in [0.5, 0.6) is 0 Å². The molecule has 0 spiro atoms. The van der Waals surface area contributed by atoms with Crippen molar-refractivity contribution in [2.24, 2.45) is 5.92 Å². The zero-order valence-electron chi connectivity index (χ0n) is 13.8. The summed E-state index contributed by atoms with van der Waals surface area (Å²) >= 11 is 0. The molecule has 0 unspecified atom stereocenters. The first-order chi connectivity index (χ1) is 11.7. The normalized spacial score (nSPS) is 20.8. The molecule has 1 aromatic heterocycles. The Balaban J connectivity index is 1.48. The fourth-order valence-electron chi connectivity index (χ4n) is 3.32. The number of rotatable bonds is 5. The van der Waals surface area contributed by atoms with Crippen LogP contribution in [0.3, 0.4) is 0 Å². The van der Waals surface area contributed by atoms with Gasteiger partial charge in [0.15, 0.2) is 0 Å². The van der Waals surface area contributed by atoms with Gasteiger partial charge < -0.3 is 10.0 Å². The number of hydrogen-bond acceptors (Lipinski definition) is 3. The van der Waals surface area contributed by atoms with Gasteiger partial charge in [-0.15, -0.1) is 0 Å². The van der Waals surface area contributed by atoms with Gasteiger partial charge in [0.25, 0.3) is 0 Å². The number of nitrogens with zero attached hydrogens (tertiary/aromatic N) is 2. The molecule has 1 aromatic carbocycles. The molecule has 1 amide bonds. The van der Waals surface area contributed by atoms with Crippen molar-refractivity contribution in [2.45, 2.75) is 31.8 Å². The van der Waals surface area contributed by atoms with Crippen LogP contribution in [0.15, 0.2) is 54.9 Å². The summed E-state index contributed by atoms with van der Waals surface area (Å²) in [6.07, 6.45) is 6.00. The minimum Gasteiger partial charge on any atom is -0.391 e. The highest BCUT2D eigenvalue weighted by Gasteiger charge is 2.29. The van der Waals surface area contributed by atoms with Crippen LogP contribution < -0.4 is 0 Å². The predicted molar refractivity (Wildman–Crippen MR) is 93.4 cm³/mol. The zero-order chi connectivity index (χ0) is 16.8. The number of benzene rings is 1. The maximum atomic E-state index is 12.4. The summed E-state index contributed by atoms with van der Waals surface area (Å²) in [7, 11) is 0. The average Bonchev–Trinajstić information content (AvgIpc) is 2.63. The second-order valence-corrected chi connectivity index (χ2v) is 6.51. The van der Waals surface area contributed by atoms with Gasteiger partial charge >= 0.3 is 0 Å². The molecular formula is C20H24N2O2. The van der Waals surface area contributed by atoms with Gasteiger partial charge in [0.05, 0.1) is 6.10 Å². The van der Waals surface area contributed by atoms with E-state index in [-0.39, 0.29) is 11.8 Å². The minimum atomic E-state index is -0.443. The summed E-state index contributed by atoms with van der Waals surface area (Å²) in [6.45, 7) is 1.18. The second kappa shape index (κ2) is 8.06. The molecule has 0 bridgehead atoms. The number of likely N-dealkylation sites (tertiary alicyclic amines) is 1. The highest BCUT2D eigenvalue weighted by atomic mass is 16.3. The Morgan fingerprint density at radius 3 is 2.67 bits per heavy atom. The van der Waals surface area contributed by atoms with Gasteiger partial charge in [0.2, 0.25) is 5.91 Å². The van der Waals surface area contributed by atoms with Crippen LogP contribution in [0.25, 0.3) is 0 Å². The molecule has 0 radical (unpaired) electrons. The number of pyridine rings is 1. The number of carbonyl (C=O) groups is 1. The van der Waals surface area contributed by atoms with Crippen molar-refractivity contribution < 1.29 is 9.90 Å². The topological polar surface area (TPSA) is 53.4 Å². The van der Waals surface area contributed by atoms with E-state index >= 15 is 0 Å². The number of β-amino-alcohol motifs (C(OH)–C–C–N with tert-alkyl or cyclic N) is 1. The highest BCUT2D eigenvalue weighted by molar-refractivity contribution is 5.76. The number of carbonyl (C=O) groups excluding carboxylic acids is 1. The number of aryl methyl sites for hydroxylation is 1. The van der Waals surface area contributed by atoms with Gasteiger partial charge in [-0.2, -0.15) is 0 Å². The molecule has 3 rings (SSSR count). The van der Waals surface area contributed by atoms with E-state index in [0.29, 0.717) is 19.4 Å². The van der Waals surface area contributed by atoms with Crippen molar-refractivity contribution in [3.63, 3.8) is 0 Å².